The minimum Gasteiger partial charge on any atom is -0.317 e. The average Bonchev–Trinajstić information content (AvgIpc) is 2.54. The molecular weight excluding hydrogens is 256 g/mol. The van der Waals surface area contributed by atoms with E-state index in [9.17, 15) is 0 Å². The predicted octanol–water partition coefficient (Wildman–Crippen LogP) is 3.72. The Kier molecular flexibility index (Phi) is 7.25. The third-order valence-corrected chi connectivity index (χ3v) is 4.78. The van der Waals surface area contributed by atoms with Crippen molar-refractivity contribution in [2.75, 3.05) is 26.2 Å². The first-order valence-corrected chi connectivity index (χ1v) is 8.78. The Bertz CT molecular complexity index is 370. The number of nitrogens with one attached hydrogen (secondary N) is 1. The molecule has 0 aliphatic carbocycles. The Morgan fingerprint density at radius 3 is 2.57 bits per heavy atom. The maximum absolute atomic E-state index is 3.48. The lowest BCUT2D eigenvalue weighted by molar-refractivity contribution is 0.154. The molecule has 0 bridgehead atoms. The molecule has 1 saturated heterocycles. The van der Waals surface area contributed by atoms with Crippen molar-refractivity contribution >= 4 is 0 Å². The summed E-state index contributed by atoms with van der Waals surface area (Å²) in [6.07, 6.45) is 6.45. The van der Waals surface area contributed by atoms with E-state index < -0.39 is 0 Å². The molecule has 1 heterocycles. The van der Waals surface area contributed by atoms with Gasteiger partial charge < -0.3 is 10.2 Å². The highest BCUT2D eigenvalue weighted by molar-refractivity contribution is 5.14. The van der Waals surface area contributed by atoms with E-state index in [1.165, 1.54) is 63.8 Å². The summed E-state index contributed by atoms with van der Waals surface area (Å²) in [5.74, 6) is 0.900. The zero-order valence-corrected chi connectivity index (χ0v) is 13.9. The molecule has 0 amide bonds. The first kappa shape index (κ1) is 16.5. The van der Waals surface area contributed by atoms with Crippen LogP contribution in [-0.2, 0) is 6.42 Å². The number of rotatable bonds is 8. The van der Waals surface area contributed by atoms with Gasteiger partial charge in [-0.05, 0) is 70.1 Å². The molecule has 1 atom stereocenters. The molecule has 2 rings (SSSR count). The van der Waals surface area contributed by atoms with Crippen LogP contribution >= 0.6 is 0 Å². The van der Waals surface area contributed by atoms with Gasteiger partial charge in [0, 0.05) is 12.6 Å². The highest BCUT2D eigenvalue weighted by Gasteiger charge is 2.20. The number of nitrogens with zero attached hydrogens (tertiary/aromatic N) is 1. The minimum atomic E-state index is 0.694. The largest absolute Gasteiger partial charge is 0.317 e. The van der Waals surface area contributed by atoms with Crippen LogP contribution in [0.15, 0.2) is 30.3 Å². The first-order chi connectivity index (χ1) is 10.3. The molecule has 0 aromatic heterocycles. The summed E-state index contributed by atoms with van der Waals surface area (Å²) < 4.78 is 0. The van der Waals surface area contributed by atoms with Gasteiger partial charge in [-0.1, -0.05) is 37.3 Å². The fourth-order valence-corrected chi connectivity index (χ4v) is 3.38. The summed E-state index contributed by atoms with van der Waals surface area (Å²) in [5, 5.41) is 3.48. The summed E-state index contributed by atoms with van der Waals surface area (Å²) in [4.78, 5) is 2.74. The van der Waals surface area contributed by atoms with E-state index >= 15 is 0 Å². The van der Waals surface area contributed by atoms with Gasteiger partial charge in [-0.3, -0.25) is 0 Å². The molecule has 0 saturated carbocycles. The number of hydrogen-bond acceptors (Lipinski definition) is 2. The first-order valence-electron chi connectivity index (χ1n) is 8.78. The van der Waals surface area contributed by atoms with E-state index in [1.54, 1.807) is 0 Å². The summed E-state index contributed by atoms with van der Waals surface area (Å²) >= 11 is 0. The third-order valence-electron chi connectivity index (χ3n) is 4.78. The fourth-order valence-electron chi connectivity index (χ4n) is 3.38. The molecular formula is C19H32N2. The lowest BCUT2D eigenvalue weighted by Crippen LogP contribution is -2.41. The van der Waals surface area contributed by atoms with Gasteiger partial charge in [0.1, 0.15) is 0 Å². The summed E-state index contributed by atoms with van der Waals surface area (Å²) in [7, 11) is 0. The number of benzene rings is 1. The van der Waals surface area contributed by atoms with Crippen LogP contribution in [0.1, 0.15) is 45.1 Å². The van der Waals surface area contributed by atoms with E-state index in [2.05, 4.69) is 54.4 Å². The van der Waals surface area contributed by atoms with Gasteiger partial charge in [0.2, 0.25) is 0 Å². The van der Waals surface area contributed by atoms with Crippen molar-refractivity contribution in [3.05, 3.63) is 35.9 Å². The van der Waals surface area contributed by atoms with E-state index in [0.717, 1.165) is 5.92 Å². The highest BCUT2D eigenvalue weighted by atomic mass is 15.1. The van der Waals surface area contributed by atoms with Crippen LogP contribution in [0.3, 0.4) is 0 Å². The molecule has 2 nitrogen and oxygen atoms in total. The molecule has 118 valence electrons. The van der Waals surface area contributed by atoms with Crippen molar-refractivity contribution in [3.63, 3.8) is 0 Å². The van der Waals surface area contributed by atoms with Crippen molar-refractivity contribution in [3.8, 4) is 0 Å². The molecule has 1 aromatic carbocycles. The normalized spacial score (nSPS) is 18.0. The van der Waals surface area contributed by atoms with Crippen molar-refractivity contribution in [1.82, 2.24) is 10.2 Å². The Labute approximate surface area is 130 Å². The van der Waals surface area contributed by atoms with Crippen LogP contribution in [-0.4, -0.2) is 37.1 Å². The maximum atomic E-state index is 3.48. The zero-order valence-electron chi connectivity index (χ0n) is 13.9. The maximum Gasteiger partial charge on any atom is 0.00702 e. The molecule has 1 fully saturated rings. The Morgan fingerprint density at radius 2 is 1.90 bits per heavy atom. The second-order valence-corrected chi connectivity index (χ2v) is 6.56. The molecule has 2 heteroatoms. The molecule has 1 aliphatic rings. The van der Waals surface area contributed by atoms with Gasteiger partial charge >= 0.3 is 0 Å². The quantitative estimate of drug-likeness (QED) is 0.784. The Hall–Kier alpha value is -0.860. The SMILES string of the molecule is CCCN(CC1CCNCC1)C(C)CCc1ccccc1. The molecule has 1 aliphatic heterocycles. The summed E-state index contributed by atoms with van der Waals surface area (Å²) in [6, 6.07) is 11.6. The Morgan fingerprint density at radius 1 is 1.19 bits per heavy atom. The Balaban J connectivity index is 1.81. The standard InChI is InChI=1S/C19H32N2/c1-3-15-21(16-19-11-13-20-14-12-19)17(2)9-10-18-7-5-4-6-8-18/h4-8,17,19-20H,3,9-16H2,1-2H3. The van der Waals surface area contributed by atoms with Crippen molar-refractivity contribution in [2.24, 2.45) is 5.92 Å². The molecule has 1 aromatic rings. The van der Waals surface area contributed by atoms with Crippen LogP contribution in [0.4, 0.5) is 0 Å². The van der Waals surface area contributed by atoms with Crippen molar-refractivity contribution in [2.45, 2.75) is 52.0 Å². The van der Waals surface area contributed by atoms with Gasteiger partial charge in [-0.25, -0.2) is 0 Å². The molecule has 1 N–H and O–H groups in total. The van der Waals surface area contributed by atoms with Crippen LogP contribution in [0.5, 0.6) is 0 Å². The van der Waals surface area contributed by atoms with Crippen molar-refractivity contribution < 1.29 is 0 Å². The van der Waals surface area contributed by atoms with Crippen LogP contribution in [0.25, 0.3) is 0 Å². The van der Waals surface area contributed by atoms with Gasteiger partial charge in [-0.15, -0.1) is 0 Å². The topological polar surface area (TPSA) is 15.3 Å². The highest BCUT2D eigenvalue weighted by Crippen LogP contribution is 2.17. The van der Waals surface area contributed by atoms with Crippen LogP contribution < -0.4 is 5.32 Å². The van der Waals surface area contributed by atoms with Gasteiger partial charge in [0.15, 0.2) is 0 Å². The summed E-state index contributed by atoms with van der Waals surface area (Å²) in [6.45, 7) is 9.69. The predicted molar refractivity (Wildman–Crippen MR) is 91.7 cm³/mol. The molecule has 1 unspecified atom stereocenters. The smallest absolute Gasteiger partial charge is 0.00702 e. The van der Waals surface area contributed by atoms with E-state index in [-0.39, 0.29) is 0 Å². The van der Waals surface area contributed by atoms with Crippen LogP contribution in [0, 0.1) is 5.92 Å². The van der Waals surface area contributed by atoms with Gasteiger partial charge in [-0.2, -0.15) is 0 Å². The van der Waals surface area contributed by atoms with Crippen molar-refractivity contribution in [1.29, 1.82) is 0 Å². The number of piperidine rings is 1. The lowest BCUT2D eigenvalue weighted by Gasteiger charge is -2.34. The fraction of sp³-hybridized carbons (Fsp3) is 0.684. The molecule has 0 radical (unpaired) electrons. The second-order valence-electron chi connectivity index (χ2n) is 6.56. The van der Waals surface area contributed by atoms with E-state index in [0.29, 0.717) is 6.04 Å². The number of aryl methyl sites for hydroxylation is 1. The number of hydrogen-bond donors (Lipinski definition) is 1. The van der Waals surface area contributed by atoms with Gasteiger partial charge in [0.05, 0.1) is 0 Å². The van der Waals surface area contributed by atoms with E-state index in [4.69, 9.17) is 0 Å². The summed E-state index contributed by atoms with van der Waals surface area (Å²) in [5.41, 5.74) is 1.47. The van der Waals surface area contributed by atoms with Gasteiger partial charge in [0.25, 0.3) is 0 Å². The zero-order chi connectivity index (χ0) is 14.9. The second kappa shape index (κ2) is 9.22. The monoisotopic (exact) mass is 288 g/mol. The average molecular weight is 288 g/mol. The molecule has 0 spiro atoms. The molecule has 21 heavy (non-hydrogen) atoms. The third kappa shape index (κ3) is 5.80. The minimum absolute atomic E-state index is 0.694. The van der Waals surface area contributed by atoms with Crippen LogP contribution in [0.2, 0.25) is 0 Å². The van der Waals surface area contributed by atoms with E-state index in [1.807, 2.05) is 0 Å². The lowest BCUT2D eigenvalue weighted by atomic mass is 9.96.